The van der Waals surface area contributed by atoms with Crippen LogP contribution < -0.4 is 5.32 Å². The Labute approximate surface area is 130 Å². The number of nitro benzene ring substituents is 1. The number of carbonyl (C=O) groups is 1. The van der Waals surface area contributed by atoms with Crippen molar-refractivity contribution in [3.8, 4) is 0 Å². The van der Waals surface area contributed by atoms with Crippen LogP contribution in [0.2, 0.25) is 5.02 Å². The molecule has 0 radical (unpaired) electrons. The van der Waals surface area contributed by atoms with Crippen molar-refractivity contribution in [2.24, 2.45) is 0 Å². The number of rotatable bonds is 5. The van der Waals surface area contributed by atoms with Crippen molar-refractivity contribution in [3.63, 3.8) is 0 Å². The summed E-state index contributed by atoms with van der Waals surface area (Å²) in [7, 11) is 0. The van der Waals surface area contributed by atoms with Gasteiger partial charge >= 0.3 is 0 Å². The predicted octanol–water partition coefficient (Wildman–Crippen LogP) is 3.36. The average molecular weight is 323 g/mol. The summed E-state index contributed by atoms with van der Waals surface area (Å²) in [4.78, 5) is 22.0. The Bertz CT molecular complexity index is 722. The van der Waals surface area contributed by atoms with Crippen LogP contribution in [0.3, 0.4) is 0 Å². The number of hydrogen-bond acceptors (Lipinski definition) is 3. The minimum Gasteiger partial charge on any atom is -0.352 e. The second-order valence-electron chi connectivity index (χ2n) is 4.52. The molecule has 0 fully saturated rings. The average Bonchev–Trinajstić information content (AvgIpc) is 2.48. The molecule has 0 unspecified atom stereocenters. The molecule has 0 spiro atoms. The Morgan fingerprint density at radius 1 is 1.27 bits per heavy atom. The minimum absolute atomic E-state index is 0.00223. The first kappa shape index (κ1) is 15.9. The zero-order valence-electron chi connectivity index (χ0n) is 11.4. The molecule has 0 aliphatic heterocycles. The van der Waals surface area contributed by atoms with E-state index < -0.39 is 10.8 Å². The van der Waals surface area contributed by atoms with Crippen molar-refractivity contribution in [2.75, 3.05) is 6.54 Å². The van der Waals surface area contributed by atoms with Crippen molar-refractivity contribution in [3.05, 3.63) is 74.5 Å². The molecule has 5 nitrogen and oxygen atoms in total. The van der Waals surface area contributed by atoms with Gasteiger partial charge in [-0.3, -0.25) is 14.9 Å². The van der Waals surface area contributed by atoms with E-state index in [0.29, 0.717) is 12.0 Å². The van der Waals surface area contributed by atoms with Gasteiger partial charge in [0.25, 0.3) is 11.6 Å². The molecule has 1 amide bonds. The van der Waals surface area contributed by atoms with Gasteiger partial charge in [0.05, 0.1) is 15.5 Å². The van der Waals surface area contributed by atoms with Gasteiger partial charge in [-0.15, -0.1) is 0 Å². The Morgan fingerprint density at radius 3 is 2.64 bits per heavy atom. The number of nitrogens with one attached hydrogen (secondary N) is 1. The molecule has 0 atom stereocenters. The van der Waals surface area contributed by atoms with Crippen LogP contribution in [0.25, 0.3) is 0 Å². The van der Waals surface area contributed by atoms with Crippen LogP contribution in [-0.4, -0.2) is 17.4 Å². The van der Waals surface area contributed by atoms with Gasteiger partial charge in [-0.2, -0.15) is 0 Å². The zero-order valence-corrected chi connectivity index (χ0v) is 12.1. The third-order valence-electron chi connectivity index (χ3n) is 3.05. The Balaban J connectivity index is 1.98. The van der Waals surface area contributed by atoms with Gasteiger partial charge in [0.2, 0.25) is 0 Å². The van der Waals surface area contributed by atoms with Crippen LogP contribution in [0.15, 0.2) is 42.5 Å². The Kier molecular flexibility index (Phi) is 5.06. The Hall–Kier alpha value is -2.47. The van der Waals surface area contributed by atoms with E-state index in [1.54, 1.807) is 18.2 Å². The van der Waals surface area contributed by atoms with E-state index in [0.717, 1.165) is 6.07 Å². The van der Waals surface area contributed by atoms with Crippen molar-refractivity contribution >= 4 is 23.2 Å². The highest BCUT2D eigenvalue weighted by atomic mass is 35.5. The fourth-order valence-electron chi connectivity index (χ4n) is 1.91. The van der Waals surface area contributed by atoms with Crippen molar-refractivity contribution in [2.45, 2.75) is 6.42 Å². The summed E-state index contributed by atoms with van der Waals surface area (Å²) in [5.74, 6) is -0.790. The lowest BCUT2D eigenvalue weighted by Gasteiger charge is -2.07. The summed E-state index contributed by atoms with van der Waals surface area (Å²) in [6.07, 6.45) is 0.336. The van der Waals surface area contributed by atoms with Gasteiger partial charge in [0.1, 0.15) is 5.82 Å². The smallest absolute Gasteiger partial charge is 0.270 e. The number of hydrogen-bond donors (Lipinski definition) is 1. The van der Waals surface area contributed by atoms with Crippen LogP contribution in [0.4, 0.5) is 10.1 Å². The van der Waals surface area contributed by atoms with E-state index in [1.165, 1.54) is 18.2 Å². The number of nitro groups is 1. The summed E-state index contributed by atoms with van der Waals surface area (Å²) < 4.78 is 13.4. The Morgan fingerprint density at radius 2 is 2.00 bits per heavy atom. The first-order valence-electron chi connectivity index (χ1n) is 6.44. The SMILES string of the molecule is O=C(NCCc1ccccc1F)c1ccc([N+](=O)[O-])cc1Cl. The maximum atomic E-state index is 13.4. The maximum Gasteiger partial charge on any atom is 0.270 e. The number of nitrogens with zero attached hydrogens (tertiary/aromatic N) is 1. The third kappa shape index (κ3) is 3.79. The summed E-state index contributed by atoms with van der Waals surface area (Å²) >= 11 is 5.86. The van der Waals surface area contributed by atoms with E-state index in [4.69, 9.17) is 11.6 Å². The van der Waals surface area contributed by atoms with Gasteiger partial charge in [0.15, 0.2) is 0 Å². The summed E-state index contributed by atoms with van der Waals surface area (Å²) in [5, 5.41) is 13.2. The molecule has 0 aromatic heterocycles. The fourth-order valence-corrected chi connectivity index (χ4v) is 2.17. The molecule has 0 bridgehead atoms. The quantitative estimate of drug-likeness (QED) is 0.677. The van der Waals surface area contributed by atoms with E-state index in [9.17, 15) is 19.3 Å². The van der Waals surface area contributed by atoms with Crippen LogP contribution in [0.1, 0.15) is 15.9 Å². The van der Waals surface area contributed by atoms with E-state index in [2.05, 4.69) is 5.32 Å². The molecule has 0 heterocycles. The standard InChI is InChI=1S/C15H12ClFN2O3/c16-13-9-11(19(21)22)5-6-12(13)15(20)18-8-7-10-3-1-2-4-14(10)17/h1-6,9H,7-8H2,(H,18,20). The zero-order chi connectivity index (χ0) is 16.1. The molecular weight excluding hydrogens is 311 g/mol. The molecule has 114 valence electrons. The highest BCUT2D eigenvalue weighted by molar-refractivity contribution is 6.34. The highest BCUT2D eigenvalue weighted by Crippen LogP contribution is 2.22. The number of carbonyl (C=O) groups excluding carboxylic acids is 1. The molecule has 0 saturated heterocycles. The lowest BCUT2D eigenvalue weighted by molar-refractivity contribution is -0.384. The molecule has 22 heavy (non-hydrogen) atoms. The van der Waals surface area contributed by atoms with Crippen molar-refractivity contribution in [1.82, 2.24) is 5.32 Å². The molecule has 2 aromatic carbocycles. The van der Waals surface area contributed by atoms with Crippen LogP contribution >= 0.6 is 11.6 Å². The van der Waals surface area contributed by atoms with Crippen molar-refractivity contribution in [1.29, 1.82) is 0 Å². The number of amides is 1. The lowest BCUT2D eigenvalue weighted by atomic mass is 10.1. The summed E-state index contributed by atoms with van der Waals surface area (Å²) in [6.45, 7) is 0.229. The summed E-state index contributed by atoms with van der Waals surface area (Å²) in [6, 6.07) is 9.91. The predicted molar refractivity (Wildman–Crippen MR) is 80.5 cm³/mol. The van der Waals surface area contributed by atoms with E-state index in [-0.39, 0.29) is 28.6 Å². The number of benzene rings is 2. The lowest BCUT2D eigenvalue weighted by Crippen LogP contribution is -2.26. The van der Waals surface area contributed by atoms with Gasteiger partial charge < -0.3 is 5.32 Å². The minimum atomic E-state index is -0.592. The van der Waals surface area contributed by atoms with Crippen molar-refractivity contribution < 1.29 is 14.1 Å². The monoisotopic (exact) mass is 322 g/mol. The normalized spacial score (nSPS) is 10.3. The first-order valence-corrected chi connectivity index (χ1v) is 6.82. The van der Waals surface area contributed by atoms with Gasteiger partial charge in [-0.1, -0.05) is 29.8 Å². The molecule has 0 saturated carbocycles. The first-order chi connectivity index (χ1) is 10.5. The molecule has 0 aliphatic rings. The molecule has 0 aliphatic carbocycles. The molecule has 7 heteroatoms. The summed E-state index contributed by atoms with van der Waals surface area (Å²) in [5.41, 5.74) is 0.450. The number of halogens is 2. The second-order valence-corrected chi connectivity index (χ2v) is 4.93. The topological polar surface area (TPSA) is 72.2 Å². The van der Waals surface area contributed by atoms with E-state index in [1.807, 2.05) is 0 Å². The van der Waals surface area contributed by atoms with E-state index >= 15 is 0 Å². The molecular formula is C15H12ClFN2O3. The molecule has 2 rings (SSSR count). The second kappa shape index (κ2) is 7.00. The maximum absolute atomic E-state index is 13.4. The van der Waals surface area contributed by atoms with Gasteiger partial charge in [-0.25, -0.2) is 4.39 Å². The van der Waals surface area contributed by atoms with Gasteiger partial charge in [0, 0.05) is 18.7 Å². The van der Waals surface area contributed by atoms with Crippen LogP contribution in [0.5, 0.6) is 0 Å². The van der Waals surface area contributed by atoms with Gasteiger partial charge in [-0.05, 0) is 24.1 Å². The highest BCUT2D eigenvalue weighted by Gasteiger charge is 2.14. The largest absolute Gasteiger partial charge is 0.352 e. The fraction of sp³-hybridized carbons (Fsp3) is 0.133. The van der Waals surface area contributed by atoms with Crippen LogP contribution in [-0.2, 0) is 6.42 Å². The third-order valence-corrected chi connectivity index (χ3v) is 3.36. The molecule has 1 N–H and O–H groups in total. The van der Waals surface area contributed by atoms with Crippen LogP contribution in [0, 0.1) is 15.9 Å². The molecule has 2 aromatic rings. The number of non-ortho nitro benzene ring substituents is 1.